The van der Waals surface area contributed by atoms with Gasteiger partial charge in [-0.2, -0.15) is 0 Å². The molecule has 0 saturated heterocycles. The zero-order valence-electron chi connectivity index (χ0n) is 17.3. The van der Waals surface area contributed by atoms with Crippen LogP contribution < -0.4 is 0 Å². The number of carbonyl (C=O) groups is 1. The van der Waals surface area contributed by atoms with Gasteiger partial charge >= 0.3 is 5.97 Å². The van der Waals surface area contributed by atoms with Crippen LogP contribution in [0, 0.1) is 0 Å². The van der Waals surface area contributed by atoms with Crippen molar-refractivity contribution in [1.29, 1.82) is 0 Å². The third-order valence-corrected chi connectivity index (χ3v) is 3.92. The average Bonchev–Trinajstić information content (AvgIpc) is 2.77. The number of ether oxygens (including phenoxy) is 4. The predicted molar refractivity (Wildman–Crippen MR) is 116 cm³/mol. The van der Waals surface area contributed by atoms with Crippen LogP contribution in [0.2, 0.25) is 0 Å². The van der Waals surface area contributed by atoms with Crippen LogP contribution >= 0.6 is 0 Å². The molecule has 1 heterocycles. The maximum Gasteiger partial charge on any atom is 0.336 e. The third-order valence-electron chi connectivity index (χ3n) is 3.92. The molecule has 0 aliphatic carbocycles. The van der Waals surface area contributed by atoms with Gasteiger partial charge in [0, 0.05) is 26.1 Å². The van der Waals surface area contributed by atoms with E-state index in [0.717, 1.165) is 6.42 Å². The molecule has 0 amide bonds. The second kappa shape index (κ2) is 14.6. The Kier molecular flexibility index (Phi) is 11.1. The third kappa shape index (κ3) is 10.2. The number of esters is 1. The summed E-state index contributed by atoms with van der Waals surface area (Å²) in [5, 5.41) is 0. The number of benzene rings is 1. The molecule has 0 aromatic heterocycles. The summed E-state index contributed by atoms with van der Waals surface area (Å²) in [6.07, 6.45) is 17.0. The summed E-state index contributed by atoms with van der Waals surface area (Å²) in [7, 11) is 1.87. The summed E-state index contributed by atoms with van der Waals surface area (Å²) >= 11 is 0. The van der Waals surface area contributed by atoms with Crippen molar-refractivity contribution in [3.05, 3.63) is 97.0 Å². The number of allylic oxidation sites excluding steroid dienone is 1. The standard InChI is InChI=1S/C24H29NO5/c1-25-13-5-11-23(21-25)24(26)30-19-8-18-28-15-6-14-27-16-7-17-29-20-12-22-9-3-2-4-10-22/h2-10,13-14,17-18,21H,11-12,15-16,19-20H2,1H3/b14-6+,17-7+,18-8+. The van der Waals surface area contributed by atoms with Gasteiger partial charge in [0.05, 0.1) is 31.0 Å². The Morgan fingerprint density at radius 3 is 2.33 bits per heavy atom. The largest absolute Gasteiger partial charge is 0.501 e. The van der Waals surface area contributed by atoms with Gasteiger partial charge in [0.1, 0.15) is 19.8 Å². The van der Waals surface area contributed by atoms with Crippen LogP contribution in [0.3, 0.4) is 0 Å². The topological polar surface area (TPSA) is 57.2 Å². The minimum Gasteiger partial charge on any atom is -0.501 e. The Bertz CT molecular complexity index is 765. The SMILES string of the molecule is CN1C=CCC(C(=O)OC/C=C/OC/C=C/OC/C=C/OCCc2ccccc2)=C1. The minimum absolute atomic E-state index is 0.166. The summed E-state index contributed by atoms with van der Waals surface area (Å²) in [4.78, 5) is 13.7. The van der Waals surface area contributed by atoms with Crippen molar-refractivity contribution in [3.8, 4) is 0 Å². The van der Waals surface area contributed by atoms with E-state index in [4.69, 9.17) is 18.9 Å². The fourth-order valence-electron chi connectivity index (χ4n) is 2.47. The molecule has 30 heavy (non-hydrogen) atoms. The highest BCUT2D eigenvalue weighted by molar-refractivity contribution is 5.88. The molecule has 1 aromatic rings. The quantitative estimate of drug-likeness (QED) is 0.277. The molecule has 160 valence electrons. The number of carbonyl (C=O) groups excluding carboxylic acids is 1. The normalized spacial score (nSPS) is 13.8. The molecule has 6 heteroatoms. The molecule has 6 nitrogen and oxygen atoms in total. The number of hydrogen-bond acceptors (Lipinski definition) is 6. The second-order valence-corrected chi connectivity index (χ2v) is 6.40. The summed E-state index contributed by atoms with van der Waals surface area (Å²) in [5.74, 6) is -0.318. The molecular formula is C24H29NO5. The van der Waals surface area contributed by atoms with E-state index in [-0.39, 0.29) is 12.6 Å². The maximum absolute atomic E-state index is 11.9. The van der Waals surface area contributed by atoms with E-state index in [1.807, 2.05) is 42.4 Å². The van der Waals surface area contributed by atoms with E-state index in [0.29, 0.717) is 31.8 Å². The van der Waals surface area contributed by atoms with E-state index in [2.05, 4.69) is 12.1 Å². The molecule has 0 unspecified atom stereocenters. The zero-order valence-corrected chi connectivity index (χ0v) is 17.3. The van der Waals surface area contributed by atoms with Crippen LogP contribution in [0.5, 0.6) is 0 Å². The molecule has 0 radical (unpaired) electrons. The molecule has 0 saturated carbocycles. The molecule has 0 N–H and O–H groups in total. The first-order valence-corrected chi connectivity index (χ1v) is 9.86. The van der Waals surface area contributed by atoms with Gasteiger partial charge in [-0.25, -0.2) is 4.79 Å². The fourth-order valence-corrected chi connectivity index (χ4v) is 2.47. The van der Waals surface area contributed by atoms with E-state index in [1.54, 1.807) is 37.0 Å². The van der Waals surface area contributed by atoms with Gasteiger partial charge in [0.2, 0.25) is 0 Å². The lowest BCUT2D eigenvalue weighted by molar-refractivity contribution is -0.138. The summed E-state index contributed by atoms with van der Waals surface area (Å²) in [5.41, 5.74) is 1.88. The number of hydrogen-bond donors (Lipinski definition) is 0. The highest BCUT2D eigenvalue weighted by atomic mass is 16.5. The first kappa shape index (κ1) is 22.9. The highest BCUT2D eigenvalue weighted by Gasteiger charge is 2.12. The van der Waals surface area contributed by atoms with Gasteiger partial charge in [0.15, 0.2) is 0 Å². The van der Waals surface area contributed by atoms with Crippen LogP contribution in [-0.2, 0) is 30.2 Å². The molecule has 0 bridgehead atoms. The average molecular weight is 411 g/mol. The van der Waals surface area contributed by atoms with Crippen LogP contribution in [-0.4, -0.2) is 44.3 Å². The van der Waals surface area contributed by atoms with Gasteiger partial charge in [-0.3, -0.25) is 0 Å². The maximum atomic E-state index is 11.9. The van der Waals surface area contributed by atoms with Gasteiger partial charge < -0.3 is 23.8 Å². The first-order chi connectivity index (χ1) is 14.8. The monoisotopic (exact) mass is 411 g/mol. The highest BCUT2D eigenvalue weighted by Crippen LogP contribution is 2.11. The van der Waals surface area contributed by atoms with Crippen LogP contribution in [0.1, 0.15) is 12.0 Å². The van der Waals surface area contributed by atoms with E-state index >= 15 is 0 Å². The fraction of sp³-hybridized carbons (Fsp3) is 0.292. The minimum atomic E-state index is -0.318. The van der Waals surface area contributed by atoms with Crippen molar-refractivity contribution in [2.45, 2.75) is 12.8 Å². The first-order valence-electron chi connectivity index (χ1n) is 9.86. The molecule has 1 aliphatic rings. The molecule has 0 spiro atoms. The van der Waals surface area contributed by atoms with Crippen LogP contribution in [0.25, 0.3) is 0 Å². The summed E-state index contributed by atoms with van der Waals surface area (Å²) < 4.78 is 21.1. The van der Waals surface area contributed by atoms with Gasteiger partial charge in [-0.15, -0.1) is 0 Å². The van der Waals surface area contributed by atoms with Gasteiger partial charge in [0.25, 0.3) is 0 Å². The number of rotatable bonds is 13. The van der Waals surface area contributed by atoms with Gasteiger partial charge in [-0.05, 0) is 30.0 Å². The van der Waals surface area contributed by atoms with Crippen molar-refractivity contribution >= 4 is 5.97 Å². The molecule has 0 atom stereocenters. The lowest BCUT2D eigenvalue weighted by Crippen LogP contribution is -2.14. The predicted octanol–water partition coefficient (Wildman–Crippen LogP) is 4.10. The second-order valence-electron chi connectivity index (χ2n) is 6.40. The Morgan fingerprint density at radius 1 is 0.967 bits per heavy atom. The molecule has 1 aliphatic heterocycles. The van der Waals surface area contributed by atoms with E-state index < -0.39 is 0 Å². The summed E-state index contributed by atoms with van der Waals surface area (Å²) in [6.45, 7) is 1.59. The lowest BCUT2D eigenvalue weighted by atomic mass is 10.1. The van der Waals surface area contributed by atoms with Crippen molar-refractivity contribution in [3.63, 3.8) is 0 Å². The molecule has 1 aromatic carbocycles. The van der Waals surface area contributed by atoms with Crippen molar-refractivity contribution in [1.82, 2.24) is 4.90 Å². The Morgan fingerprint density at radius 2 is 1.63 bits per heavy atom. The van der Waals surface area contributed by atoms with Crippen LogP contribution in [0.15, 0.2) is 91.4 Å². The van der Waals surface area contributed by atoms with Crippen LogP contribution in [0.4, 0.5) is 0 Å². The van der Waals surface area contributed by atoms with Crippen molar-refractivity contribution in [2.24, 2.45) is 0 Å². The smallest absolute Gasteiger partial charge is 0.336 e. The molecule has 0 fully saturated rings. The van der Waals surface area contributed by atoms with Gasteiger partial charge in [-0.1, -0.05) is 36.4 Å². The molecule has 2 rings (SSSR count). The number of nitrogens with zero attached hydrogens (tertiary/aromatic N) is 1. The van der Waals surface area contributed by atoms with Crippen molar-refractivity contribution < 1.29 is 23.7 Å². The van der Waals surface area contributed by atoms with Crippen molar-refractivity contribution in [2.75, 3.05) is 33.5 Å². The Labute approximate surface area is 178 Å². The summed E-state index contributed by atoms with van der Waals surface area (Å²) in [6, 6.07) is 10.2. The Balaban J connectivity index is 1.42. The Hall–Kier alpha value is -3.41. The lowest BCUT2D eigenvalue weighted by Gasteiger charge is -2.15. The zero-order chi connectivity index (χ0) is 21.3. The molecular weight excluding hydrogens is 382 g/mol. The van der Waals surface area contributed by atoms with E-state index in [1.165, 1.54) is 11.8 Å². The van der Waals surface area contributed by atoms with E-state index in [9.17, 15) is 4.79 Å².